The van der Waals surface area contributed by atoms with Gasteiger partial charge < -0.3 is 9.80 Å². The van der Waals surface area contributed by atoms with Crippen molar-refractivity contribution < 1.29 is 8.42 Å². The smallest absolute Gasteiger partial charge is 0.250 e. The van der Waals surface area contributed by atoms with Crippen molar-refractivity contribution in [3.63, 3.8) is 0 Å². The third-order valence-corrected chi connectivity index (χ3v) is 8.64. The molecule has 0 radical (unpaired) electrons. The number of nitrogens with one attached hydrogen (secondary N) is 1. The molecule has 0 aliphatic carbocycles. The number of nitrogens with zero attached hydrogens (tertiary/aromatic N) is 3. The van der Waals surface area contributed by atoms with Crippen molar-refractivity contribution in [2.75, 3.05) is 58.3 Å². The summed E-state index contributed by atoms with van der Waals surface area (Å²) in [6.07, 6.45) is 1.05. The van der Waals surface area contributed by atoms with Gasteiger partial charge in [0, 0.05) is 58.0 Å². The first-order chi connectivity index (χ1) is 13.4. The van der Waals surface area contributed by atoms with E-state index in [0.29, 0.717) is 10.8 Å². The fraction of sp³-hybridized carbons (Fsp3) is 0.500. The molecule has 8 heteroatoms. The van der Waals surface area contributed by atoms with E-state index < -0.39 is 10.0 Å². The average Bonchev–Trinajstić information content (AvgIpc) is 3.34. The van der Waals surface area contributed by atoms with E-state index in [-0.39, 0.29) is 6.04 Å². The van der Waals surface area contributed by atoms with Crippen LogP contribution in [0.4, 0.5) is 5.69 Å². The van der Waals surface area contributed by atoms with Crippen molar-refractivity contribution >= 4 is 27.0 Å². The number of sulfonamides is 1. The monoisotopic (exact) mass is 420 g/mol. The number of hydrogen-bond donors (Lipinski definition) is 1. The lowest BCUT2D eigenvalue weighted by Gasteiger charge is -2.38. The van der Waals surface area contributed by atoms with Crippen LogP contribution in [0.15, 0.2) is 39.9 Å². The standard InChI is InChI=1S/C20H28N4O2S2/c1-22-9-11-24(12-10-22)19(15-21-28(25,26)20-4-3-13-27-20)16-5-6-18-17(14-16)7-8-23(18)2/h3-6,13-14,19,21H,7-12,15H2,1-2H3/t19-/m1/s1. The third kappa shape index (κ3) is 4.11. The number of anilines is 1. The van der Waals surface area contributed by atoms with Gasteiger partial charge in [0.15, 0.2) is 0 Å². The van der Waals surface area contributed by atoms with Crippen molar-refractivity contribution in [3.8, 4) is 0 Å². The maximum absolute atomic E-state index is 12.7. The zero-order chi connectivity index (χ0) is 19.7. The van der Waals surface area contributed by atoms with Gasteiger partial charge in [0.1, 0.15) is 4.21 Å². The summed E-state index contributed by atoms with van der Waals surface area (Å²) < 4.78 is 28.6. The van der Waals surface area contributed by atoms with E-state index >= 15 is 0 Å². The highest BCUT2D eigenvalue weighted by molar-refractivity contribution is 7.91. The molecule has 6 nitrogen and oxygen atoms in total. The highest BCUT2D eigenvalue weighted by Crippen LogP contribution is 2.31. The van der Waals surface area contributed by atoms with E-state index in [9.17, 15) is 8.42 Å². The van der Waals surface area contributed by atoms with E-state index in [1.165, 1.54) is 28.2 Å². The number of piperazine rings is 1. The van der Waals surface area contributed by atoms with Crippen LogP contribution >= 0.6 is 11.3 Å². The first-order valence-electron chi connectivity index (χ1n) is 9.74. The normalized spacial score (nSPS) is 19.7. The van der Waals surface area contributed by atoms with Gasteiger partial charge in [0.25, 0.3) is 0 Å². The molecule has 1 aromatic heterocycles. The summed E-state index contributed by atoms with van der Waals surface area (Å²) in [4.78, 5) is 7.02. The van der Waals surface area contributed by atoms with E-state index in [4.69, 9.17) is 0 Å². The van der Waals surface area contributed by atoms with Gasteiger partial charge in [-0.25, -0.2) is 13.1 Å². The molecule has 3 heterocycles. The van der Waals surface area contributed by atoms with Crippen molar-refractivity contribution in [1.29, 1.82) is 0 Å². The molecule has 4 rings (SSSR count). The van der Waals surface area contributed by atoms with Crippen molar-refractivity contribution in [2.24, 2.45) is 0 Å². The van der Waals surface area contributed by atoms with Gasteiger partial charge >= 0.3 is 0 Å². The van der Waals surface area contributed by atoms with Gasteiger partial charge in [0.2, 0.25) is 10.0 Å². The summed E-state index contributed by atoms with van der Waals surface area (Å²) in [7, 11) is 0.793. The second kappa shape index (κ2) is 8.12. The molecule has 152 valence electrons. The fourth-order valence-corrected chi connectivity index (χ4v) is 6.14. The van der Waals surface area contributed by atoms with Gasteiger partial charge in [-0.2, -0.15) is 0 Å². The molecule has 1 aromatic carbocycles. The maximum atomic E-state index is 12.7. The summed E-state index contributed by atoms with van der Waals surface area (Å²) in [6, 6.07) is 10.1. The van der Waals surface area contributed by atoms with E-state index in [0.717, 1.165) is 39.1 Å². The van der Waals surface area contributed by atoms with E-state index in [2.05, 4.69) is 51.7 Å². The molecule has 2 aliphatic heterocycles. The highest BCUT2D eigenvalue weighted by atomic mass is 32.2. The molecule has 28 heavy (non-hydrogen) atoms. The first-order valence-corrected chi connectivity index (χ1v) is 12.1. The van der Waals surface area contributed by atoms with Crippen LogP contribution in [0, 0.1) is 0 Å². The number of fused-ring (bicyclic) bond motifs is 1. The Hall–Kier alpha value is -1.45. The fourth-order valence-electron chi connectivity index (χ4n) is 4.06. The molecule has 0 spiro atoms. The molecule has 1 atom stereocenters. The molecular weight excluding hydrogens is 392 g/mol. The highest BCUT2D eigenvalue weighted by Gasteiger charge is 2.27. The van der Waals surface area contributed by atoms with Gasteiger partial charge in [-0.1, -0.05) is 18.2 Å². The molecule has 0 bridgehead atoms. The predicted octanol–water partition coefficient (Wildman–Crippen LogP) is 2.01. The van der Waals surface area contributed by atoms with Crippen molar-refractivity contribution in [1.82, 2.24) is 14.5 Å². The van der Waals surface area contributed by atoms with Gasteiger partial charge in [-0.15, -0.1) is 11.3 Å². The largest absolute Gasteiger partial charge is 0.374 e. The summed E-state index contributed by atoms with van der Waals surface area (Å²) in [5.41, 5.74) is 3.85. The molecule has 2 aliphatic rings. The predicted molar refractivity (Wildman–Crippen MR) is 115 cm³/mol. The number of hydrogen-bond acceptors (Lipinski definition) is 6. The Labute approximate surface area is 171 Å². The summed E-state index contributed by atoms with van der Waals surface area (Å²) in [6.45, 7) is 5.32. The lowest BCUT2D eigenvalue weighted by molar-refractivity contribution is 0.113. The van der Waals surface area contributed by atoms with Crippen LogP contribution in [0.3, 0.4) is 0 Å². The Balaban J connectivity index is 1.57. The molecule has 2 aromatic rings. The van der Waals surface area contributed by atoms with Gasteiger partial charge in [0.05, 0.1) is 0 Å². The Morgan fingerprint density at radius 3 is 2.61 bits per heavy atom. The van der Waals surface area contributed by atoms with Gasteiger partial charge in [-0.3, -0.25) is 4.90 Å². The minimum absolute atomic E-state index is 0.0413. The second-order valence-electron chi connectivity index (χ2n) is 7.70. The topological polar surface area (TPSA) is 55.9 Å². The minimum atomic E-state index is -3.47. The zero-order valence-corrected chi connectivity index (χ0v) is 18.1. The molecular formula is C20H28N4O2S2. The lowest BCUT2D eigenvalue weighted by atomic mass is 10.0. The molecule has 1 saturated heterocycles. The van der Waals surface area contributed by atoms with Crippen LogP contribution in [0.1, 0.15) is 17.2 Å². The van der Waals surface area contributed by atoms with Crippen LogP contribution in [0.5, 0.6) is 0 Å². The average molecular weight is 421 g/mol. The lowest BCUT2D eigenvalue weighted by Crippen LogP contribution is -2.48. The third-order valence-electron chi connectivity index (χ3n) is 5.82. The Morgan fingerprint density at radius 2 is 1.89 bits per heavy atom. The molecule has 0 saturated carbocycles. The second-order valence-corrected chi connectivity index (χ2v) is 10.6. The maximum Gasteiger partial charge on any atom is 0.250 e. The molecule has 0 amide bonds. The number of rotatable bonds is 6. The van der Waals surface area contributed by atoms with Crippen LogP contribution in [0.2, 0.25) is 0 Å². The molecule has 1 N–H and O–H groups in total. The summed E-state index contributed by atoms with van der Waals surface area (Å²) >= 11 is 1.25. The van der Waals surface area contributed by atoms with Crippen LogP contribution in [-0.2, 0) is 16.4 Å². The quantitative estimate of drug-likeness (QED) is 0.775. The molecule has 0 unspecified atom stereocenters. The Morgan fingerprint density at radius 1 is 1.11 bits per heavy atom. The summed E-state index contributed by atoms with van der Waals surface area (Å²) in [5.74, 6) is 0. The van der Waals surface area contributed by atoms with Crippen LogP contribution < -0.4 is 9.62 Å². The Kier molecular flexibility index (Phi) is 5.76. The van der Waals surface area contributed by atoms with E-state index in [1.54, 1.807) is 17.5 Å². The van der Waals surface area contributed by atoms with E-state index in [1.807, 2.05) is 0 Å². The van der Waals surface area contributed by atoms with Crippen LogP contribution in [0.25, 0.3) is 0 Å². The Bertz CT molecular complexity index is 906. The molecule has 1 fully saturated rings. The van der Waals surface area contributed by atoms with Crippen molar-refractivity contribution in [2.45, 2.75) is 16.7 Å². The number of likely N-dealkylation sites (N-methyl/N-ethyl adjacent to an activating group) is 2. The van der Waals surface area contributed by atoms with Crippen molar-refractivity contribution in [3.05, 3.63) is 46.8 Å². The SMILES string of the molecule is CN1CCN([C@H](CNS(=O)(=O)c2cccs2)c2ccc3c(c2)CCN3C)CC1. The van der Waals surface area contributed by atoms with Gasteiger partial charge in [-0.05, 0) is 42.1 Å². The number of thiophene rings is 1. The first kappa shape index (κ1) is 19.8. The van der Waals surface area contributed by atoms with Crippen LogP contribution in [-0.4, -0.2) is 71.6 Å². The zero-order valence-electron chi connectivity index (χ0n) is 16.5. The number of benzene rings is 1. The minimum Gasteiger partial charge on any atom is -0.374 e. The summed E-state index contributed by atoms with van der Waals surface area (Å²) in [5, 5.41) is 1.80.